The summed E-state index contributed by atoms with van der Waals surface area (Å²) in [7, 11) is 0. The van der Waals surface area contributed by atoms with Crippen LogP contribution in [0.5, 0.6) is 0 Å². The summed E-state index contributed by atoms with van der Waals surface area (Å²) < 4.78 is 10.7. The Bertz CT molecular complexity index is 879. The minimum Gasteiger partial charge on any atom is -0.444 e. The molecule has 0 bridgehead atoms. The summed E-state index contributed by atoms with van der Waals surface area (Å²) in [5.41, 5.74) is 0.322. The SMILES string of the molecule is C=CCNC(=O)C(OC(=O)c1ccccc1)C(OC(=O)c1ccccc1)C(=O)NCC=C. The molecule has 0 aliphatic rings. The van der Waals surface area contributed by atoms with Gasteiger partial charge in [0.2, 0.25) is 12.2 Å². The first-order valence-corrected chi connectivity index (χ1v) is 9.77. The first-order valence-electron chi connectivity index (χ1n) is 9.77. The van der Waals surface area contributed by atoms with Crippen molar-refractivity contribution in [2.45, 2.75) is 12.2 Å². The second-order valence-corrected chi connectivity index (χ2v) is 6.45. The second kappa shape index (κ2) is 12.5. The maximum absolute atomic E-state index is 12.8. The summed E-state index contributed by atoms with van der Waals surface area (Å²) in [5.74, 6) is -3.37. The van der Waals surface area contributed by atoms with E-state index in [4.69, 9.17) is 9.47 Å². The fourth-order valence-electron chi connectivity index (χ4n) is 2.57. The Hall–Kier alpha value is -4.20. The summed E-state index contributed by atoms with van der Waals surface area (Å²) >= 11 is 0. The molecule has 0 spiro atoms. The molecule has 166 valence electrons. The number of hydrogen-bond donors (Lipinski definition) is 2. The molecule has 0 saturated carbocycles. The van der Waals surface area contributed by atoms with Crippen LogP contribution in [0.15, 0.2) is 86.0 Å². The summed E-state index contributed by atoms with van der Waals surface area (Å²) in [6.45, 7) is 7.12. The number of carbonyl (C=O) groups is 4. The number of benzene rings is 2. The van der Waals surface area contributed by atoms with Gasteiger partial charge in [0.05, 0.1) is 11.1 Å². The molecule has 0 aliphatic carbocycles. The van der Waals surface area contributed by atoms with E-state index in [1.807, 2.05) is 0 Å². The molecule has 2 N–H and O–H groups in total. The Balaban J connectivity index is 2.36. The molecular formula is C24H24N2O6. The maximum Gasteiger partial charge on any atom is 0.339 e. The number of carbonyl (C=O) groups excluding carboxylic acids is 4. The molecule has 0 aliphatic heterocycles. The highest BCUT2D eigenvalue weighted by Crippen LogP contribution is 2.13. The van der Waals surface area contributed by atoms with E-state index in [1.54, 1.807) is 36.4 Å². The predicted octanol–water partition coefficient (Wildman–Crippen LogP) is 2.04. The average molecular weight is 436 g/mol. The zero-order valence-corrected chi connectivity index (χ0v) is 17.4. The number of rotatable bonds is 11. The van der Waals surface area contributed by atoms with Crippen molar-refractivity contribution < 1.29 is 28.7 Å². The molecule has 0 radical (unpaired) electrons. The van der Waals surface area contributed by atoms with Gasteiger partial charge in [0.15, 0.2) is 0 Å². The van der Waals surface area contributed by atoms with Crippen LogP contribution < -0.4 is 10.6 Å². The molecule has 8 nitrogen and oxygen atoms in total. The van der Waals surface area contributed by atoms with Gasteiger partial charge in [-0.15, -0.1) is 13.2 Å². The zero-order valence-electron chi connectivity index (χ0n) is 17.4. The van der Waals surface area contributed by atoms with Crippen LogP contribution >= 0.6 is 0 Å². The third-order valence-electron chi connectivity index (χ3n) is 4.12. The minimum absolute atomic E-state index is 0.0475. The average Bonchev–Trinajstić information content (AvgIpc) is 2.83. The molecule has 2 aromatic rings. The van der Waals surface area contributed by atoms with E-state index in [-0.39, 0.29) is 24.2 Å². The number of nitrogens with one attached hydrogen (secondary N) is 2. The normalized spacial score (nSPS) is 11.9. The van der Waals surface area contributed by atoms with E-state index in [0.717, 1.165) is 0 Å². The number of ether oxygens (including phenoxy) is 2. The molecule has 2 unspecified atom stereocenters. The van der Waals surface area contributed by atoms with E-state index in [9.17, 15) is 19.2 Å². The Kier molecular flexibility index (Phi) is 9.39. The predicted molar refractivity (Wildman–Crippen MR) is 118 cm³/mol. The number of amides is 2. The fraction of sp³-hybridized carbons (Fsp3) is 0.167. The summed E-state index contributed by atoms with van der Waals surface area (Å²) in [5, 5.41) is 4.94. The van der Waals surface area contributed by atoms with Gasteiger partial charge >= 0.3 is 11.9 Å². The van der Waals surface area contributed by atoms with E-state index < -0.39 is 36.0 Å². The van der Waals surface area contributed by atoms with E-state index in [2.05, 4.69) is 23.8 Å². The van der Waals surface area contributed by atoms with Gasteiger partial charge in [-0.2, -0.15) is 0 Å². The third kappa shape index (κ3) is 6.94. The standard InChI is InChI=1S/C24H24N2O6/c1-3-15-25-21(27)19(31-23(29)17-11-7-5-8-12-17)20(22(28)26-16-4-2)32-24(30)18-13-9-6-10-14-18/h3-14,19-20H,1-2,15-16H2,(H,25,27)(H,26,28). The highest BCUT2D eigenvalue weighted by molar-refractivity contribution is 5.98. The van der Waals surface area contributed by atoms with E-state index >= 15 is 0 Å². The zero-order chi connectivity index (χ0) is 23.3. The van der Waals surface area contributed by atoms with Crippen LogP contribution in [0.25, 0.3) is 0 Å². The second-order valence-electron chi connectivity index (χ2n) is 6.45. The molecule has 2 aromatic carbocycles. The lowest BCUT2D eigenvalue weighted by atomic mass is 10.1. The highest BCUT2D eigenvalue weighted by atomic mass is 16.6. The number of esters is 2. The molecule has 2 rings (SSSR count). The van der Waals surface area contributed by atoms with Crippen LogP contribution in [-0.2, 0) is 19.1 Å². The van der Waals surface area contributed by atoms with E-state index in [0.29, 0.717) is 0 Å². The lowest BCUT2D eigenvalue weighted by molar-refractivity contribution is -0.147. The van der Waals surface area contributed by atoms with Crippen molar-refractivity contribution >= 4 is 23.8 Å². The largest absolute Gasteiger partial charge is 0.444 e. The molecule has 8 heteroatoms. The van der Waals surface area contributed by atoms with Crippen molar-refractivity contribution in [3.8, 4) is 0 Å². The van der Waals surface area contributed by atoms with Crippen LogP contribution in [0.2, 0.25) is 0 Å². The van der Waals surface area contributed by atoms with Gasteiger partial charge in [-0.1, -0.05) is 48.6 Å². The third-order valence-corrected chi connectivity index (χ3v) is 4.12. The lowest BCUT2D eigenvalue weighted by Crippen LogP contribution is -2.53. The smallest absolute Gasteiger partial charge is 0.339 e. The minimum atomic E-state index is -1.75. The molecule has 32 heavy (non-hydrogen) atoms. The Morgan fingerprint density at radius 1 is 0.688 bits per heavy atom. The van der Waals surface area contributed by atoms with Gasteiger partial charge in [0, 0.05) is 13.1 Å². The van der Waals surface area contributed by atoms with Gasteiger partial charge in [0.25, 0.3) is 11.8 Å². The molecule has 2 amide bonds. The van der Waals surface area contributed by atoms with Crippen LogP contribution in [-0.4, -0.2) is 49.1 Å². The Labute approximate surface area is 185 Å². The number of hydrogen-bond acceptors (Lipinski definition) is 6. The van der Waals surface area contributed by atoms with Gasteiger partial charge in [0.1, 0.15) is 0 Å². The quantitative estimate of drug-likeness (QED) is 0.412. The van der Waals surface area contributed by atoms with Crippen LogP contribution in [0, 0.1) is 0 Å². The Morgan fingerprint density at radius 3 is 1.34 bits per heavy atom. The van der Waals surface area contributed by atoms with Crippen LogP contribution in [0.1, 0.15) is 20.7 Å². The van der Waals surface area contributed by atoms with Crippen LogP contribution in [0.3, 0.4) is 0 Å². The summed E-state index contributed by atoms with van der Waals surface area (Å²) in [4.78, 5) is 50.8. The molecule has 0 heterocycles. The van der Waals surface area contributed by atoms with Crippen molar-refractivity contribution in [1.29, 1.82) is 0 Å². The van der Waals surface area contributed by atoms with Crippen molar-refractivity contribution in [2.75, 3.05) is 13.1 Å². The topological polar surface area (TPSA) is 111 Å². The fourth-order valence-corrected chi connectivity index (χ4v) is 2.57. The first kappa shape index (κ1) is 24.1. The summed E-state index contributed by atoms with van der Waals surface area (Å²) in [6.07, 6.45) is -0.673. The molecule has 2 atom stereocenters. The van der Waals surface area contributed by atoms with Crippen molar-refractivity contribution in [1.82, 2.24) is 10.6 Å². The molecule has 0 saturated heterocycles. The van der Waals surface area contributed by atoms with E-state index in [1.165, 1.54) is 36.4 Å². The first-order chi connectivity index (χ1) is 15.5. The van der Waals surface area contributed by atoms with Crippen LogP contribution in [0.4, 0.5) is 0 Å². The Morgan fingerprint density at radius 2 is 1.03 bits per heavy atom. The lowest BCUT2D eigenvalue weighted by Gasteiger charge is -2.25. The van der Waals surface area contributed by atoms with Gasteiger partial charge in [-0.3, -0.25) is 9.59 Å². The van der Waals surface area contributed by atoms with Crippen molar-refractivity contribution in [2.24, 2.45) is 0 Å². The van der Waals surface area contributed by atoms with Crippen molar-refractivity contribution in [3.63, 3.8) is 0 Å². The van der Waals surface area contributed by atoms with Gasteiger partial charge in [-0.25, -0.2) is 9.59 Å². The van der Waals surface area contributed by atoms with Gasteiger partial charge < -0.3 is 20.1 Å². The summed E-state index contributed by atoms with van der Waals surface area (Å²) in [6, 6.07) is 15.8. The monoisotopic (exact) mass is 436 g/mol. The molecular weight excluding hydrogens is 412 g/mol. The molecule has 0 fully saturated rings. The maximum atomic E-state index is 12.8. The van der Waals surface area contributed by atoms with Gasteiger partial charge in [-0.05, 0) is 24.3 Å². The molecule has 0 aromatic heterocycles. The van der Waals surface area contributed by atoms with Crippen molar-refractivity contribution in [3.05, 3.63) is 97.1 Å². The highest BCUT2D eigenvalue weighted by Gasteiger charge is 2.40.